The molecule has 1 aromatic carbocycles. The van der Waals surface area contributed by atoms with E-state index in [0.717, 1.165) is 27.8 Å². The molecule has 0 fully saturated rings. The number of halogens is 1. The lowest BCUT2D eigenvalue weighted by Gasteiger charge is -2.09. The zero-order valence-electron chi connectivity index (χ0n) is 15.8. The fraction of sp³-hybridized carbons (Fsp3) is 0.158. The van der Waals surface area contributed by atoms with Gasteiger partial charge >= 0.3 is 0 Å². The summed E-state index contributed by atoms with van der Waals surface area (Å²) in [6.07, 6.45) is 1.51. The van der Waals surface area contributed by atoms with Crippen LogP contribution in [0.5, 0.6) is 5.88 Å². The number of nitrogens with zero attached hydrogens (tertiary/aromatic N) is 3. The summed E-state index contributed by atoms with van der Waals surface area (Å²) in [6.45, 7) is 3.86. The molecule has 0 aliphatic carbocycles. The lowest BCUT2D eigenvalue weighted by molar-refractivity contribution is 0.103. The van der Waals surface area contributed by atoms with Crippen molar-refractivity contribution in [3.63, 3.8) is 0 Å². The Hall–Kier alpha value is -3.17. The minimum absolute atomic E-state index is 0.253. The summed E-state index contributed by atoms with van der Waals surface area (Å²) in [5, 5.41) is 15.0. The SMILES string of the molecule is COc1ccc(Cl)c(Nc2ncc(C(=O)Nc3c(C)ccc4n[nH]c(C)c34)s2)n1. The van der Waals surface area contributed by atoms with Crippen molar-refractivity contribution in [1.82, 2.24) is 20.2 Å². The molecule has 0 bridgehead atoms. The fourth-order valence-electron chi connectivity index (χ4n) is 2.87. The van der Waals surface area contributed by atoms with Crippen molar-refractivity contribution in [2.75, 3.05) is 17.7 Å². The molecule has 4 rings (SSSR count). The highest BCUT2D eigenvalue weighted by Gasteiger charge is 2.17. The number of H-pyrrole nitrogens is 1. The number of aromatic nitrogens is 4. The van der Waals surface area contributed by atoms with Crippen LogP contribution in [-0.4, -0.2) is 33.2 Å². The third-order valence-corrected chi connectivity index (χ3v) is 5.55. The predicted molar refractivity (Wildman–Crippen MR) is 115 cm³/mol. The topological polar surface area (TPSA) is 105 Å². The number of aromatic amines is 1. The number of hydrogen-bond acceptors (Lipinski definition) is 7. The number of amides is 1. The van der Waals surface area contributed by atoms with Crippen LogP contribution in [0.25, 0.3) is 10.9 Å². The molecule has 0 spiro atoms. The molecule has 29 heavy (non-hydrogen) atoms. The van der Waals surface area contributed by atoms with Gasteiger partial charge in [0.1, 0.15) is 4.88 Å². The van der Waals surface area contributed by atoms with E-state index in [1.807, 2.05) is 26.0 Å². The zero-order valence-corrected chi connectivity index (χ0v) is 17.4. The Kier molecular flexibility index (Phi) is 5.08. The van der Waals surface area contributed by atoms with E-state index in [4.69, 9.17) is 16.3 Å². The highest BCUT2D eigenvalue weighted by atomic mass is 35.5. The molecule has 3 N–H and O–H groups in total. The van der Waals surface area contributed by atoms with Gasteiger partial charge in [0, 0.05) is 17.1 Å². The Morgan fingerprint density at radius 2 is 2.07 bits per heavy atom. The average Bonchev–Trinajstić information content (AvgIpc) is 3.33. The van der Waals surface area contributed by atoms with Gasteiger partial charge in [-0.15, -0.1) is 0 Å². The summed E-state index contributed by atoms with van der Waals surface area (Å²) in [6, 6.07) is 7.18. The molecule has 0 radical (unpaired) electrons. The lowest BCUT2D eigenvalue weighted by atomic mass is 10.1. The van der Waals surface area contributed by atoms with Gasteiger partial charge in [-0.2, -0.15) is 10.1 Å². The summed E-state index contributed by atoms with van der Waals surface area (Å²) in [5.41, 5.74) is 3.38. The van der Waals surface area contributed by atoms with E-state index >= 15 is 0 Å². The second-order valence-electron chi connectivity index (χ2n) is 6.29. The Morgan fingerprint density at radius 3 is 2.86 bits per heavy atom. The number of carbonyl (C=O) groups excluding carboxylic acids is 1. The number of methoxy groups -OCH3 is 1. The summed E-state index contributed by atoms with van der Waals surface area (Å²) in [5.74, 6) is 0.573. The Labute approximate surface area is 175 Å². The number of fused-ring (bicyclic) bond motifs is 1. The molecule has 0 saturated heterocycles. The normalized spacial score (nSPS) is 10.9. The highest BCUT2D eigenvalue weighted by Crippen LogP contribution is 2.31. The first-order valence-electron chi connectivity index (χ1n) is 8.65. The van der Waals surface area contributed by atoms with Gasteiger partial charge in [0.05, 0.1) is 29.5 Å². The summed E-state index contributed by atoms with van der Waals surface area (Å²) < 4.78 is 5.11. The number of ether oxygens (including phenoxy) is 1. The molecule has 3 aromatic heterocycles. The van der Waals surface area contributed by atoms with E-state index in [1.54, 1.807) is 12.1 Å². The standard InChI is InChI=1S/C19H17ClN6O2S/c1-9-4-6-12-15(10(2)25-26-12)16(9)23-18(27)13-8-21-19(29-13)24-17-11(20)5-7-14(22-17)28-3/h4-8H,1-3H3,(H,23,27)(H,25,26)(H,21,22,24). The molecule has 0 aliphatic heterocycles. The third-order valence-electron chi connectivity index (χ3n) is 4.33. The van der Waals surface area contributed by atoms with Crippen LogP contribution in [0.1, 0.15) is 20.9 Å². The van der Waals surface area contributed by atoms with Gasteiger partial charge in [-0.3, -0.25) is 9.89 Å². The molecule has 0 saturated carbocycles. The molecule has 3 heterocycles. The smallest absolute Gasteiger partial charge is 0.267 e. The maximum Gasteiger partial charge on any atom is 0.267 e. The van der Waals surface area contributed by atoms with E-state index in [-0.39, 0.29) is 5.91 Å². The fourth-order valence-corrected chi connectivity index (χ4v) is 3.73. The molecule has 10 heteroatoms. The monoisotopic (exact) mass is 428 g/mol. The van der Waals surface area contributed by atoms with Crippen molar-refractivity contribution >= 4 is 56.4 Å². The number of hydrogen-bond donors (Lipinski definition) is 3. The first-order chi connectivity index (χ1) is 14.0. The van der Waals surface area contributed by atoms with Gasteiger partial charge in [0.25, 0.3) is 5.91 Å². The van der Waals surface area contributed by atoms with Crippen LogP contribution in [-0.2, 0) is 0 Å². The second-order valence-corrected chi connectivity index (χ2v) is 7.73. The van der Waals surface area contributed by atoms with E-state index in [1.165, 1.54) is 24.6 Å². The van der Waals surface area contributed by atoms with Crippen molar-refractivity contribution in [3.8, 4) is 5.88 Å². The first kappa shape index (κ1) is 19.2. The highest BCUT2D eigenvalue weighted by molar-refractivity contribution is 7.17. The number of pyridine rings is 1. The van der Waals surface area contributed by atoms with Crippen LogP contribution < -0.4 is 15.4 Å². The van der Waals surface area contributed by atoms with Crippen LogP contribution in [0.3, 0.4) is 0 Å². The zero-order chi connectivity index (χ0) is 20.5. The Balaban J connectivity index is 1.57. The number of benzene rings is 1. The summed E-state index contributed by atoms with van der Waals surface area (Å²) in [4.78, 5) is 21.8. The van der Waals surface area contributed by atoms with Gasteiger partial charge in [-0.25, -0.2) is 4.98 Å². The van der Waals surface area contributed by atoms with Crippen molar-refractivity contribution in [2.24, 2.45) is 0 Å². The van der Waals surface area contributed by atoms with Gasteiger partial charge in [-0.1, -0.05) is 29.0 Å². The summed E-state index contributed by atoms with van der Waals surface area (Å²) in [7, 11) is 1.52. The van der Waals surface area contributed by atoms with Gasteiger partial charge in [0.2, 0.25) is 5.88 Å². The molecular weight excluding hydrogens is 412 g/mol. The van der Waals surface area contributed by atoms with Crippen molar-refractivity contribution in [2.45, 2.75) is 13.8 Å². The Morgan fingerprint density at radius 1 is 1.24 bits per heavy atom. The number of anilines is 3. The molecular formula is C19H17ClN6O2S. The van der Waals surface area contributed by atoms with Crippen LogP contribution in [0.4, 0.5) is 16.6 Å². The molecule has 0 unspecified atom stereocenters. The number of carbonyl (C=O) groups is 1. The number of rotatable bonds is 5. The van der Waals surface area contributed by atoms with Gasteiger partial charge in [-0.05, 0) is 31.5 Å². The Bertz CT molecular complexity index is 1220. The molecule has 8 nitrogen and oxygen atoms in total. The largest absolute Gasteiger partial charge is 0.481 e. The van der Waals surface area contributed by atoms with Gasteiger partial charge in [0.15, 0.2) is 10.9 Å². The van der Waals surface area contributed by atoms with Crippen LogP contribution >= 0.6 is 22.9 Å². The van der Waals surface area contributed by atoms with Crippen LogP contribution in [0.15, 0.2) is 30.5 Å². The minimum atomic E-state index is -0.253. The van der Waals surface area contributed by atoms with Crippen molar-refractivity contribution < 1.29 is 9.53 Å². The van der Waals surface area contributed by atoms with Crippen LogP contribution in [0.2, 0.25) is 5.02 Å². The second kappa shape index (κ2) is 7.69. The molecule has 4 aromatic rings. The molecule has 0 aliphatic rings. The first-order valence-corrected chi connectivity index (χ1v) is 9.84. The van der Waals surface area contributed by atoms with Crippen molar-refractivity contribution in [3.05, 3.63) is 51.6 Å². The predicted octanol–water partition coefficient (Wildman–Crippen LogP) is 4.69. The van der Waals surface area contributed by atoms with Crippen molar-refractivity contribution in [1.29, 1.82) is 0 Å². The quantitative estimate of drug-likeness (QED) is 0.426. The van der Waals surface area contributed by atoms with E-state index in [2.05, 4.69) is 30.8 Å². The summed E-state index contributed by atoms with van der Waals surface area (Å²) >= 11 is 7.36. The maximum atomic E-state index is 12.8. The number of nitrogens with one attached hydrogen (secondary N) is 3. The van der Waals surface area contributed by atoms with Gasteiger partial charge < -0.3 is 15.4 Å². The number of aryl methyl sites for hydroxylation is 2. The molecule has 0 atom stereocenters. The van der Waals surface area contributed by atoms with E-state index in [0.29, 0.717) is 26.7 Å². The van der Waals surface area contributed by atoms with E-state index < -0.39 is 0 Å². The number of thiazole rings is 1. The molecule has 148 valence electrons. The lowest BCUT2D eigenvalue weighted by Crippen LogP contribution is -2.11. The molecule has 1 amide bonds. The van der Waals surface area contributed by atoms with E-state index in [9.17, 15) is 4.79 Å². The minimum Gasteiger partial charge on any atom is -0.481 e. The van der Waals surface area contributed by atoms with Crippen LogP contribution in [0, 0.1) is 13.8 Å². The maximum absolute atomic E-state index is 12.8. The average molecular weight is 429 g/mol. The third kappa shape index (κ3) is 3.74.